The van der Waals surface area contributed by atoms with Crippen molar-refractivity contribution in [1.82, 2.24) is 4.98 Å². The molecule has 0 spiro atoms. The molecule has 1 heterocycles. The molecule has 1 aromatic carbocycles. The highest BCUT2D eigenvalue weighted by atomic mass is 32.1. The fourth-order valence-corrected chi connectivity index (χ4v) is 2.42. The molecule has 0 saturated heterocycles. The van der Waals surface area contributed by atoms with Crippen molar-refractivity contribution < 1.29 is 13.6 Å². The number of carbonyl (C=O) groups excluding carboxylic acids is 1. The summed E-state index contributed by atoms with van der Waals surface area (Å²) in [5.74, 6) is -2.09. The molecule has 0 atom stereocenters. The normalized spacial score (nSPS) is 10.7. The van der Waals surface area contributed by atoms with E-state index in [1.54, 1.807) is 5.38 Å². The standard InChI is InChI=1S/C13H12F2N2OS/c14-9-2-1-8(5-10(9)15)6-12(18)11-7-19-13(17-11)3-4-16/h1-2,5,7H,3-4,6,16H2. The number of benzene rings is 1. The summed E-state index contributed by atoms with van der Waals surface area (Å²) in [6, 6.07) is 3.43. The van der Waals surface area contributed by atoms with Crippen LogP contribution in [0, 0.1) is 11.6 Å². The van der Waals surface area contributed by atoms with Crippen molar-refractivity contribution in [3.8, 4) is 0 Å². The summed E-state index contributed by atoms with van der Waals surface area (Å²) >= 11 is 1.37. The van der Waals surface area contributed by atoms with Crippen LogP contribution in [0.3, 0.4) is 0 Å². The summed E-state index contributed by atoms with van der Waals surface area (Å²) in [7, 11) is 0. The molecule has 2 rings (SSSR count). The summed E-state index contributed by atoms with van der Waals surface area (Å²) in [5, 5.41) is 2.46. The molecule has 1 aromatic heterocycles. The van der Waals surface area contributed by atoms with E-state index >= 15 is 0 Å². The van der Waals surface area contributed by atoms with Gasteiger partial charge in [-0.05, 0) is 24.2 Å². The molecule has 0 bridgehead atoms. The van der Waals surface area contributed by atoms with Gasteiger partial charge < -0.3 is 5.73 Å². The van der Waals surface area contributed by atoms with Crippen LogP contribution >= 0.6 is 11.3 Å². The lowest BCUT2D eigenvalue weighted by atomic mass is 10.1. The monoisotopic (exact) mass is 282 g/mol. The van der Waals surface area contributed by atoms with Crippen LogP contribution in [-0.4, -0.2) is 17.3 Å². The van der Waals surface area contributed by atoms with Crippen molar-refractivity contribution in [3.63, 3.8) is 0 Å². The average molecular weight is 282 g/mol. The van der Waals surface area contributed by atoms with Gasteiger partial charge in [-0.15, -0.1) is 11.3 Å². The Morgan fingerprint density at radius 1 is 1.32 bits per heavy atom. The van der Waals surface area contributed by atoms with Gasteiger partial charge in [0.2, 0.25) is 0 Å². The third-order valence-electron chi connectivity index (χ3n) is 2.54. The van der Waals surface area contributed by atoms with E-state index in [9.17, 15) is 13.6 Å². The first-order valence-corrected chi connectivity index (χ1v) is 6.59. The molecule has 2 aromatic rings. The van der Waals surface area contributed by atoms with Gasteiger partial charge in [-0.2, -0.15) is 0 Å². The highest BCUT2D eigenvalue weighted by Gasteiger charge is 2.12. The minimum Gasteiger partial charge on any atom is -0.330 e. The highest BCUT2D eigenvalue weighted by molar-refractivity contribution is 7.09. The molecule has 3 nitrogen and oxygen atoms in total. The van der Waals surface area contributed by atoms with E-state index in [0.717, 1.165) is 17.1 Å². The maximum atomic E-state index is 13.0. The van der Waals surface area contributed by atoms with Crippen LogP contribution in [0.1, 0.15) is 21.1 Å². The zero-order valence-electron chi connectivity index (χ0n) is 10.0. The number of nitrogens with two attached hydrogens (primary N) is 1. The van der Waals surface area contributed by atoms with Crippen LogP contribution in [-0.2, 0) is 12.8 Å². The molecule has 0 unspecified atom stereocenters. The van der Waals surface area contributed by atoms with Gasteiger partial charge in [0.25, 0.3) is 0 Å². The molecular formula is C13H12F2N2OS. The number of thiazole rings is 1. The Bertz CT molecular complexity index is 598. The predicted molar refractivity (Wildman–Crippen MR) is 69.3 cm³/mol. The molecule has 0 fully saturated rings. The molecule has 0 aliphatic carbocycles. The Hall–Kier alpha value is -1.66. The van der Waals surface area contributed by atoms with Gasteiger partial charge >= 0.3 is 0 Å². The van der Waals surface area contributed by atoms with Gasteiger partial charge in [-0.3, -0.25) is 4.79 Å². The van der Waals surface area contributed by atoms with Crippen molar-refractivity contribution in [2.24, 2.45) is 5.73 Å². The zero-order chi connectivity index (χ0) is 13.8. The Balaban J connectivity index is 2.09. The van der Waals surface area contributed by atoms with Crippen LogP contribution in [0.15, 0.2) is 23.6 Å². The van der Waals surface area contributed by atoms with E-state index < -0.39 is 11.6 Å². The number of rotatable bonds is 5. The highest BCUT2D eigenvalue weighted by Crippen LogP contribution is 2.14. The van der Waals surface area contributed by atoms with E-state index in [1.807, 2.05) is 0 Å². The Kier molecular flexibility index (Phi) is 4.34. The van der Waals surface area contributed by atoms with Gasteiger partial charge in [-0.25, -0.2) is 13.8 Å². The summed E-state index contributed by atoms with van der Waals surface area (Å²) < 4.78 is 25.8. The first-order chi connectivity index (χ1) is 9.10. The lowest BCUT2D eigenvalue weighted by molar-refractivity contribution is 0.0988. The van der Waals surface area contributed by atoms with Crippen LogP contribution < -0.4 is 5.73 Å². The third kappa shape index (κ3) is 3.42. The lowest BCUT2D eigenvalue weighted by Gasteiger charge is -2.00. The lowest BCUT2D eigenvalue weighted by Crippen LogP contribution is -2.06. The SMILES string of the molecule is NCCc1nc(C(=O)Cc2ccc(F)c(F)c2)cs1. The van der Waals surface area contributed by atoms with Crippen LogP contribution in [0.4, 0.5) is 8.78 Å². The fraction of sp³-hybridized carbons (Fsp3) is 0.231. The van der Waals surface area contributed by atoms with Crippen molar-refractivity contribution in [2.75, 3.05) is 6.54 Å². The molecule has 100 valence electrons. The quantitative estimate of drug-likeness (QED) is 0.856. The Morgan fingerprint density at radius 2 is 2.11 bits per heavy atom. The molecule has 19 heavy (non-hydrogen) atoms. The third-order valence-corrected chi connectivity index (χ3v) is 3.45. The van der Waals surface area contributed by atoms with Gasteiger partial charge in [0.1, 0.15) is 5.69 Å². The number of carbonyl (C=O) groups is 1. The maximum Gasteiger partial charge on any atom is 0.186 e. The molecule has 0 aliphatic rings. The first-order valence-electron chi connectivity index (χ1n) is 5.71. The van der Waals surface area contributed by atoms with E-state index in [-0.39, 0.29) is 12.2 Å². The Labute approximate surface area is 113 Å². The van der Waals surface area contributed by atoms with Gasteiger partial charge in [0.05, 0.1) is 5.01 Å². The smallest absolute Gasteiger partial charge is 0.186 e. The maximum absolute atomic E-state index is 13.0. The van der Waals surface area contributed by atoms with Crippen molar-refractivity contribution in [1.29, 1.82) is 0 Å². The molecule has 0 radical (unpaired) electrons. The molecule has 0 amide bonds. The van der Waals surface area contributed by atoms with E-state index in [4.69, 9.17) is 5.73 Å². The number of aromatic nitrogens is 1. The van der Waals surface area contributed by atoms with Crippen molar-refractivity contribution in [2.45, 2.75) is 12.8 Å². The molecule has 0 aliphatic heterocycles. The largest absolute Gasteiger partial charge is 0.330 e. The van der Waals surface area contributed by atoms with Gasteiger partial charge in [-0.1, -0.05) is 6.07 Å². The summed E-state index contributed by atoms with van der Waals surface area (Å²) in [6.45, 7) is 0.477. The van der Waals surface area contributed by atoms with Crippen LogP contribution in [0.25, 0.3) is 0 Å². The van der Waals surface area contributed by atoms with Gasteiger partial charge in [0, 0.05) is 18.2 Å². The fourth-order valence-electron chi connectivity index (χ4n) is 1.60. The summed E-state index contributed by atoms with van der Waals surface area (Å²) in [6.07, 6.45) is 0.631. The van der Waals surface area contributed by atoms with E-state index in [1.165, 1.54) is 17.4 Å². The van der Waals surface area contributed by atoms with Crippen molar-refractivity contribution in [3.05, 3.63) is 51.5 Å². The van der Waals surface area contributed by atoms with Crippen LogP contribution in [0.2, 0.25) is 0 Å². The minimum absolute atomic E-state index is 0.00297. The number of ketones is 1. The van der Waals surface area contributed by atoms with Gasteiger partial charge in [0.15, 0.2) is 17.4 Å². The second-order valence-electron chi connectivity index (χ2n) is 4.01. The average Bonchev–Trinajstić information content (AvgIpc) is 2.83. The zero-order valence-corrected chi connectivity index (χ0v) is 10.8. The second kappa shape index (κ2) is 5.99. The van der Waals surface area contributed by atoms with Crippen molar-refractivity contribution >= 4 is 17.1 Å². The number of hydrogen-bond acceptors (Lipinski definition) is 4. The number of nitrogens with zero attached hydrogens (tertiary/aromatic N) is 1. The Morgan fingerprint density at radius 3 is 2.79 bits per heavy atom. The topological polar surface area (TPSA) is 56.0 Å². The van der Waals surface area contributed by atoms with E-state index in [2.05, 4.69) is 4.98 Å². The predicted octanol–water partition coefficient (Wildman–Crippen LogP) is 2.35. The van der Waals surface area contributed by atoms with Crippen LogP contribution in [0.5, 0.6) is 0 Å². The second-order valence-corrected chi connectivity index (χ2v) is 4.96. The summed E-state index contributed by atoms with van der Waals surface area (Å²) in [5.41, 5.74) is 6.18. The summed E-state index contributed by atoms with van der Waals surface area (Å²) in [4.78, 5) is 16.1. The minimum atomic E-state index is -0.951. The molecule has 6 heteroatoms. The number of Topliss-reactive ketones (excluding diaryl/α,β-unsaturated/α-hetero) is 1. The number of hydrogen-bond donors (Lipinski definition) is 1. The van der Waals surface area contributed by atoms with E-state index in [0.29, 0.717) is 24.2 Å². The first kappa shape index (κ1) is 13.8. The number of halogens is 2. The molecule has 2 N–H and O–H groups in total. The molecular weight excluding hydrogens is 270 g/mol. The molecule has 0 saturated carbocycles.